The number of benzene rings is 6. The van der Waals surface area contributed by atoms with Crippen molar-refractivity contribution in [2.24, 2.45) is 23.7 Å². The lowest BCUT2D eigenvalue weighted by atomic mass is 9.43. The van der Waals surface area contributed by atoms with E-state index in [0.29, 0.717) is 11.8 Å². The van der Waals surface area contributed by atoms with Gasteiger partial charge in [-0.3, -0.25) is 0 Å². The molecule has 6 aromatic carbocycles. The summed E-state index contributed by atoms with van der Waals surface area (Å²) in [5.74, 6) is 3.22. The van der Waals surface area contributed by atoms with Gasteiger partial charge in [0, 0.05) is 22.4 Å². The van der Waals surface area contributed by atoms with Gasteiger partial charge in [0.15, 0.2) is 0 Å². The highest BCUT2D eigenvalue weighted by atomic mass is 15.1. The first-order chi connectivity index (χ1) is 28.3. The standard InChI is InChI=1S/C58H61N/c1-55(2,3)42-21-17-41(18-22-42)48-35-49-47-15-11-12-16-50(47)58(43-30-37-29-38(32-43)33-44(58)31-37)52(49)36-54(48)59(45-23-19-40(20-24-45)39-13-9-8-10-14-39)46-25-26-51-53(34-46)57(6,7)28-27-56(51,4)5/h8-26,34-38,43-44H,27-33H2,1-7H3. The lowest BCUT2D eigenvalue weighted by Crippen LogP contribution is -2.55. The zero-order valence-electron chi connectivity index (χ0n) is 36.4. The van der Waals surface area contributed by atoms with Crippen LogP contribution in [0.25, 0.3) is 33.4 Å². The van der Waals surface area contributed by atoms with Crippen LogP contribution >= 0.6 is 0 Å². The van der Waals surface area contributed by atoms with Crippen LogP contribution in [0.2, 0.25) is 0 Å². The zero-order chi connectivity index (χ0) is 40.5. The molecule has 0 saturated heterocycles. The van der Waals surface area contributed by atoms with E-state index in [1.54, 1.807) is 11.1 Å². The van der Waals surface area contributed by atoms with E-state index in [2.05, 4.69) is 187 Å². The lowest BCUT2D eigenvalue weighted by Gasteiger charge is -2.61. The van der Waals surface area contributed by atoms with Gasteiger partial charge in [-0.2, -0.15) is 0 Å². The normalized spacial score (nSPS) is 25.4. The van der Waals surface area contributed by atoms with E-state index >= 15 is 0 Å². The van der Waals surface area contributed by atoms with Crippen LogP contribution in [0.1, 0.15) is 121 Å². The van der Waals surface area contributed by atoms with Crippen LogP contribution in [0.4, 0.5) is 17.1 Å². The Morgan fingerprint density at radius 3 is 1.69 bits per heavy atom. The summed E-state index contributed by atoms with van der Waals surface area (Å²) < 4.78 is 0. The van der Waals surface area contributed by atoms with E-state index in [-0.39, 0.29) is 21.7 Å². The lowest BCUT2D eigenvalue weighted by molar-refractivity contribution is -0.0399. The highest BCUT2D eigenvalue weighted by Gasteiger charge is 2.61. The van der Waals surface area contributed by atoms with Crippen molar-refractivity contribution in [3.63, 3.8) is 0 Å². The second-order valence-corrected chi connectivity index (χ2v) is 21.7. The van der Waals surface area contributed by atoms with Gasteiger partial charge in [-0.05, 0) is 177 Å². The molecule has 12 rings (SSSR count). The fourth-order valence-electron chi connectivity index (χ4n) is 13.3. The maximum atomic E-state index is 2.73. The smallest absolute Gasteiger partial charge is 0.0543 e. The van der Waals surface area contributed by atoms with Gasteiger partial charge < -0.3 is 4.90 Å². The molecule has 4 bridgehead atoms. The molecule has 0 unspecified atom stereocenters. The van der Waals surface area contributed by atoms with Crippen molar-refractivity contribution in [3.05, 3.63) is 161 Å². The topological polar surface area (TPSA) is 3.24 Å². The molecule has 4 fully saturated rings. The van der Waals surface area contributed by atoms with Gasteiger partial charge in [-0.1, -0.05) is 146 Å². The van der Waals surface area contributed by atoms with E-state index in [0.717, 1.165) is 11.8 Å². The summed E-state index contributed by atoms with van der Waals surface area (Å²) in [5.41, 5.74) is 19.8. The predicted molar refractivity (Wildman–Crippen MR) is 249 cm³/mol. The molecule has 1 heteroatoms. The molecule has 1 spiro atoms. The molecule has 6 aliphatic carbocycles. The Bertz CT molecular complexity index is 2550. The molecule has 298 valence electrons. The predicted octanol–water partition coefficient (Wildman–Crippen LogP) is 15.9. The van der Waals surface area contributed by atoms with Gasteiger partial charge in [-0.15, -0.1) is 0 Å². The van der Waals surface area contributed by atoms with Crippen molar-refractivity contribution in [3.8, 4) is 33.4 Å². The summed E-state index contributed by atoms with van der Waals surface area (Å²) in [6, 6.07) is 52.3. The van der Waals surface area contributed by atoms with Crippen molar-refractivity contribution in [1.29, 1.82) is 0 Å². The molecule has 0 N–H and O–H groups in total. The van der Waals surface area contributed by atoms with Gasteiger partial charge in [0.25, 0.3) is 0 Å². The average molecular weight is 772 g/mol. The highest BCUT2D eigenvalue weighted by Crippen LogP contribution is 2.70. The number of anilines is 3. The molecule has 6 aliphatic rings. The van der Waals surface area contributed by atoms with Crippen LogP contribution in [-0.2, 0) is 21.7 Å². The Balaban J connectivity index is 1.19. The van der Waals surface area contributed by atoms with E-state index in [9.17, 15) is 0 Å². The van der Waals surface area contributed by atoms with Crippen molar-refractivity contribution in [2.45, 2.75) is 115 Å². The summed E-state index contributed by atoms with van der Waals surface area (Å²) in [4.78, 5) is 2.65. The molecule has 0 aliphatic heterocycles. The van der Waals surface area contributed by atoms with Gasteiger partial charge in [0.1, 0.15) is 0 Å². The number of nitrogens with zero attached hydrogens (tertiary/aromatic N) is 1. The molecule has 0 amide bonds. The third-order valence-corrected chi connectivity index (χ3v) is 16.3. The fourth-order valence-corrected chi connectivity index (χ4v) is 13.3. The second-order valence-electron chi connectivity index (χ2n) is 21.7. The Labute approximate surface area is 353 Å². The maximum absolute atomic E-state index is 2.73. The summed E-state index contributed by atoms with van der Waals surface area (Å²) >= 11 is 0. The first-order valence-electron chi connectivity index (χ1n) is 22.8. The van der Waals surface area contributed by atoms with Crippen LogP contribution in [0.3, 0.4) is 0 Å². The number of rotatable bonds is 5. The summed E-state index contributed by atoms with van der Waals surface area (Å²) in [5, 5.41) is 0. The summed E-state index contributed by atoms with van der Waals surface area (Å²) in [6.45, 7) is 16.8. The van der Waals surface area contributed by atoms with E-state index in [1.165, 1.54) is 112 Å². The first kappa shape index (κ1) is 37.1. The van der Waals surface area contributed by atoms with E-state index in [1.807, 2.05) is 0 Å². The number of hydrogen-bond donors (Lipinski definition) is 0. The van der Waals surface area contributed by atoms with Crippen LogP contribution in [0.15, 0.2) is 133 Å². The fraction of sp³-hybridized carbons (Fsp3) is 0.379. The molecule has 4 saturated carbocycles. The highest BCUT2D eigenvalue weighted by molar-refractivity contribution is 5.95. The third-order valence-electron chi connectivity index (χ3n) is 16.3. The molecular weight excluding hydrogens is 711 g/mol. The van der Waals surface area contributed by atoms with Crippen LogP contribution in [-0.4, -0.2) is 0 Å². The molecule has 0 atom stereocenters. The third kappa shape index (κ3) is 5.70. The Morgan fingerprint density at radius 1 is 0.458 bits per heavy atom. The minimum absolute atomic E-state index is 0.0768. The Hall–Kier alpha value is -4.88. The van der Waals surface area contributed by atoms with Crippen LogP contribution in [0, 0.1) is 23.7 Å². The van der Waals surface area contributed by atoms with E-state index in [4.69, 9.17) is 0 Å². The van der Waals surface area contributed by atoms with Crippen molar-refractivity contribution in [2.75, 3.05) is 4.90 Å². The van der Waals surface area contributed by atoms with Crippen molar-refractivity contribution < 1.29 is 0 Å². The summed E-state index contributed by atoms with van der Waals surface area (Å²) in [6.07, 6.45) is 9.39. The van der Waals surface area contributed by atoms with Crippen molar-refractivity contribution in [1.82, 2.24) is 0 Å². The molecular formula is C58H61N. The quantitative estimate of drug-likeness (QED) is 0.169. The number of fused-ring (bicyclic) bond motifs is 4. The van der Waals surface area contributed by atoms with Gasteiger partial charge in [-0.25, -0.2) is 0 Å². The van der Waals surface area contributed by atoms with Gasteiger partial charge in [0.05, 0.1) is 5.69 Å². The summed E-state index contributed by atoms with van der Waals surface area (Å²) in [7, 11) is 0. The van der Waals surface area contributed by atoms with E-state index < -0.39 is 0 Å². The molecule has 0 aromatic heterocycles. The van der Waals surface area contributed by atoms with Crippen LogP contribution < -0.4 is 4.90 Å². The molecule has 6 aromatic rings. The number of hydrogen-bond acceptors (Lipinski definition) is 1. The SMILES string of the molecule is CC(C)(C)c1ccc(-c2cc3c(cc2N(c2ccc(-c4ccccc4)cc2)c2ccc4c(c2)C(C)(C)CCC4(C)C)C2(c4ccccc4-3)C3CC4CC(C3)CC2C4)cc1. The minimum Gasteiger partial charge on any atom is -0.310 e. The first-order valence-corrected chi connectivity index (χ1v) is 22.8. The Kier molecular flexibility index (Phi) is 8.22. The molecule has 0 heterocycles. The minimum atomic E-state index is 0.0768. The second kappa shape index (κ2) is 13.1. The zero-order valence-corrected chi connectivity index (χ0v) is 36.4. The molecule has 1 nitrogen and oxygen atoms in total. The van der Waals surface area contributed by atoms with Gasteiger partial charge >= 0.3 is 0 Å². The van der Waals surface area contributed by atoms with Crippen LogP contribution in [0.5, 0.6) is 0 Å². The maximum Gasteiger partial charge on any atom is 0.0543 e. The molecule has 59 heavy (non-hydrogen) atoms. The van der Waals surface area contributed by atoms with Crippen molar-refractivity contribution >= 4 is 17.1 Å². The monoisotopic (exact) mass is 771 g/mol. The van der Waals surface area contributed by atoms with Gasteiger partial charge in [0.2, 0.25) is 0 Å². The average Bonchev–Trinajstić information content (AvgIpc) is 3.51. The Morgan fingerprint density at radius 2 is 1.03 bits per heavy atom. The largest absolute Gasteiger partial charge is 0.310 e. The molecule has 0 radical (unpaired) electrons.